The lowest BCUT2D eigenvalue weighted by Gasteiger charge is -2.25. The van der Waals surface area contributed by atoms with E-state index in [4.69, 9.17) is 0 Å². The van der Waals surface area contributed by atoms with Crippen LogP contribution in [0.4, 0.5) is 5.95 Å². The Balaban J connectivity index is 1.80. The van der Waals surface area contributed by atoms with Gasteiger partial charge in [0, 0.05) is 23.8 Å². The first-order valence-corrected chi connectivity index (χ1v) is 7.98. The molecule has 2 aromatic heterocycles. The number of aromatic nitrogens is 2. The summed E-state index contributed by atoms with van der Waals surface area (Å²) in [4.78, 5) is 11.6. The first-order valence-electron chi connectivity index (χ1n) is 7.10. The van der Waals surface area contributed by atoms with Gasteiger partial charge in [-0.05, 0) is 23.1 Å². The molecule has 0 radical (unpaired) electrons. The Hall–Kier alpha value is -2.24. The molecule has 0 aliphatic rings. The second-order valence-corrected chi connectivity index (χ2v) is 5.93. The molecule has 112 valence electrons. The Bertz CT molecular complexity index is 674. The fraction of sp³-hybridized carbons (Fsp3) is 0.176. The summed E-state index contributed by atoms with van der Waals surface area (Å²) in [6.45, 7) is 1.12. The van der Waals surface area contributed by atoms with E-state index in [0.29, 0.717) is 19.0 Å². The highest BCUT2D eigenvalue weighted by Gasteiger charge is 2.17. The van der Waals surface area contributed by atoms with Gasteiger partial charge in [-0.1, -0.05) is 36.4 Å². The van der Waals surface area contributed by atoms with Crippen LogP contribution in [-0.4, -0.2) is 21.6 Å². The molecule has 0 fully saturated rings. The van der Waals surface area contributed by atoms with Crippen LogP contribution in [0.5, 0.6) is 0 Å². The summed E-state index contributed by atoms with van der Waals surface area (Å²) in [6.07, 6.45) is 2.89. The highest BCUT2D eigenvalue weighted by molar-refractivity contribution is 7.10. The van der Waals surface area contributed by atoms with Crippen LogP contribution in [0.1, 0.15) is 16.5 Å². The maximum atomic E-state index is 10.4. The topological polar surface area (TPSA) is 49.2 Å². The molecule has 3 rings (SSSR count). The number of aliphatic hydroxyl groups excluding tert-OH is 1. The van der Waals surface area contributed by atoms with Crippen LogP contribution in [-0.2, 0) is 6.54 Å². The van der Waals surface area contributed by atoms with Crippen molar-refractivity contribution in [2.24, 2.45) is 0 Å². The lowest BCUT2D eigenvalue weighted by atomic mass is 10.2. The first kappa shape index (κ1) is 14.7. The fourth-order valence-corrected chi connectivity index (χ4v) is 2.96. The van der Waals surface area contributed by atoms with E-state index in [1.165, 1.54) is 0 Å². The molecule has 3 aromatic rings. The molecular formula is C17H17N3OS. The van der Waals surface area contributed by atoms with Crippen molar-refractivity contribution in [1.82, 2.24) is 9.97 Å². The number of hydrogen-bond donors (Lipinski definition) is 1. The van der Waals surface area contributed by atoms with Crippen molar-refractivity contribution in [3.05, 3.63) is 76.7 Å². The predicted molar refractivity (Wildman–Crippen MR) is 88.8 cm³/mol. The van der Waals surface area contributed by atoms with Gasteiger partial charge >= 0.3 is 0 Å². The van der Waals surface area contributed by atoms with Crippen LogP contribution in [0.2, 0.25) is 0 Å². The number of aliphatic hydroxyl groups is 1. The Kier molecular flexibility index (Phi) is 4.78. The maximum absolute atomic E-state index is 10.4. The molecule has 0 aliphatic heterocycles. The van der Waals surface area contributed by atoms with Crippen molar-refractivity contribution in [3.63, 3.8) is 0 Å². The third-order valence-corrected chi connectivity index (χ3v) is 4.29. The van der Waals surface area contributed by atoms with Crippen molar-refractivity contribution in [2.75, 3.05) is 11.4 Å². The fourth-order valence-electron chi connectivity index (χ4n) is 2.25. The maximum Gasteiger partial charge on any atom is 0.225 e. The van der Waals surface area contributed by atoms with Crippen molar-refractivity contribution in [2.45, 2.75) is 12.6 Å². The van der Waals surface area contributed by atoms with Crippen molar-refractivity contribution in [3.8, 4) is 0 Å². The normalized spacial score (nSPS) is 12.0. The highest BCUT2D eigenvalue weighted by atomic mass is 32.1. The second kappa shape index (κ2) is 7.15. The quantitative estimate of drug-likeness (QED) is 0.759. The summed E-state index contributed by atoms with van der Waals surface area (Å²) < 4.78 is 0. The Labute approximate surface area is 133 Å². The molecule has 1 atom stereocenters. The Morgan fingerprint density at radius 2 is 1.77 bits per heavy atom. The minimum Gasteiger partial charge on any atom is -0.386 e. The van der Waals surface area contributed by atoms with Gasteiger partial charge in [-0.2, -0.15) is 0 Å². The van der Waals surface area contributed by atoms with E-state index in [0.717, 1.165) is 10.4 Å². The molecule has 0 saturated carbocycles. The van der Waals surface area contributed by atoms with E-state index in [-0.39, 0.29) is 0 Å². The lowest BCUT2D eigenvalue weighted by Crippen LogP contribution is -2.29. The minimum atomic E-state index is -0.549. The SMILES string of the molecule is O[C@@H](CN(Cc1ccccc1)c1ncccn1)c1cccs1. The van der Waals surface area contributed by atoms with Crippen LogP contribution in [0.3, 0.4) is 0 Å². The van der Waals surface area contributed by atoms with Gasteiger partial charge in [0.1, 0.15) is 6.10 Å². The number of nitrogens with zero attached hydrogens (tertiary/aromatic N) is 3. The molecule has 0 saturated heterocycles. The molecule has 0 bridgehead atoms. The number of thiophene rings is 1. The molecule has 0 unspecified atom stereocenters. The summed E-state index contributed by atoms with van der Waals surface area (Å²) in [5, 5.41) is 12.4. The molecule has 0 spiro atoms. The average molecular weight is 311 g/mol. The van der Waals surface area contributed by atoms with Crippen LogP contribution in [0, 0.1) is 0 Å². The number of anilines is 1. The highest BCUT2D eigenvalue weighted by Crippen LogP contribution is 2.22. The zero-order valence-corrected chi connectivity index (χ0v) is 12.9. The molecular weight excluding hydrogens is 294 g/mol. The first-order chi connectivity index (χ1) is 10.8. The summed E-state index contributed by atoms with van der Waals surface area (Å²) in [5.74, 6) is 0.627. The third kappa shape index (κ3) is 3.69. The van der Waals surface area contributed by atoms with E-state index in [1.807, 2.05) is 40.6 Å². The van der Waals surface area contributed by atoms with E-state index in [9.17, 15) is 5.11 Å². The molecule has 0 amide bonds. The summed E-state index contributed by atoms with van der Waals surface area (Å²) >= 11 is 1.56. The molecule has 2 heterocycles. The Morgan fingerprint density at radius 3 is 2.45 bits per heavy atom. The zero-order valence-electron chi connectivity index (χ0n) is 12.0. The van der Waals surface area contributed by atoms with E-state index in [2.05, 4.69) is 22.1 Å². The number of rotatable bonds is 6. The Morgan fingerprint density at radius 1 is 1.00 bits per heavy atom. The van der Waals surface area contributed by atoms with Crippen LogP contribution < -0.4 is 4.90 Å². The number of benzene rings is 1. The molecule has 22 heavy (non-hydrogen) atoms. The molecule has 5 heteroatoms. The van der Waals surface area contributed by atoms with Crippen molar-refractivity contribution in [1.29, 1.82) is 0 Å². The van der Waals surface area contributed by atoms with Crippen molar-refractivity contribution < 1.29 is 5.11 Å². The summed E-state index contributed by atoms with van der Waals surface area (Å²) in [5.41, 5.74) is 1.16. The van der Waals surface area contributed by atoms with Gasteiger partial charge in [-0.15, -0.1) is 11.3 Å². The van der Waals surface area contributed by atoms with Gasteiger partial charge in [0.25, 0.3) is 0 Å². The largest absolute Gasteiger partial charge is 0.386 e. The minimum absolute atomic E-state index is 0.458. The number of hydrogen-bond acceptors (Lipinski definition) is 5. The predicted octanol–water partition coefficient (Wildman–Crippen LogP) is 3.28. The smallest absolute Gasteiger partial charge is 0.225 e. The van der Waals surface area contributed by atoms with Gasteiger partial charge in [0.15, 0.2) is 0 Å². The van der Waals surface area contributed by atoms with Gasteiger partial charge in [0.05, 0.1) is 6.54 Å². The van der Waals surface area contributed by atoms with E-state index < -0.39 is 6.10 Å². The lowest BCUT2D eigenvalue weighted by molar-refractivity contribution is 0.186. The summed E-state index contributed by atoms with van der Waals surface area (Å²) in [7, 11) is 0. The van der Waals surface area contributed by atoms with Crippen LogP contribution >= 0.6 is 11.3 Å². The molecule has 1 N–H and O–H groups in total. The molecule has 0 aliphatic carbocycles. The van der Waals surface area contributed by atoms with Crippen LogP contribution in [0.25, 0.3) is 0 Å². The standard InChI is InChI=1S/C17H17N3OS/c21-15(16-8-4-11-22-16)13-20(17-18-9-5-10-19-17)12-14-6-2-1-3-7-14/h1-11,15,21H,12-13H2/t15-/m0/s1. The van der Waals surface area contributed by atoms with E-state index in [1.54, 1.807) is 29.8 Å². The molecule has 4 nitrogen and oxygen atoms in total. The van der Waals surface area contributed by atoms with Gasteiger partial charge in [0.2, 0.25) is 5.95 Å². The molecule has 1 aromatic carbocycles. The van der Waals surface area contributed by atoms with Gasteiger partial charge in [-0.25, -0.2) is 9.97 Å². The average Bonchev–Trinajstić information content (AvgIpc) is 3.11. The third-order valence-electron chi connectivity index (χ3n) is 3.32. The van der Waals surface area contributed by atoms with Gasteiger partial charge in [-0.3, -0.25) is 0 Å². The monoisotopic (exact) mass is 311 g/mol. The summed E-state index contributed by atoms with van der Waals surface area (Å²) in [6, 6.07) is 15.8. The van der Waals surface area contributed by atoms with E-state index >= 15 is 0 Å². The van der Waals surface area contributed by atoms with Gasteiger partial charge < -0.3 is 10.0 Å². The van der Waals surface area contributed by atoms with Crippen molar-refractivity contribution >= 4 is 17.3 Å². The van der Waals surface area contributed by atoms with Crippen LogP contribution in [0.15, 0.2) is 66.3 Å². The second-order valence-electron chi connectivity index (χ2n) is 4.95. The zero-order chi connectivity index (χ0) is 15.2.